The van der Waals surface area contributed by atoms with Crippen LogP contribution in [-0.4, -0.2) is 12.1 Å². The van der Waals surface area contributed by atoms with Gasteiger partial charge in [0.25, 0.3) is 0 Å². The lowest BCUT2D eigenvalue weighted by Gasteiger charge is -2.29. The molecule has 0 aliphatic heterocycles. The molecule has 0 spiro atoms. The molecular formula is C15H19BrN2S. The third-order valence-corrected chi connectivity index (χ3v) is 4.63. The first-order valence-corrected chi connectivity index (χ1v) is 8.00. The van der Waals surface area contributed by atoms with Crippen LogP contribution in [0.15, 0.2) is 46.3 Å². The van der Waals surface area contributed by atoms with Crippen molar-refractivity contribution in [3.63, 3.8) is 0 Å². The van der Waals surface area contributed by atoms with E-state index in [-0.39, 0.29) is 5.54 Å². The molecule has 2 aromatic rings. The van der Waals surface area contributed by atoms with Gasteiger partial charge in [-0.05, 0) is 42.5 Å². The average Bonchev–Trinajstić information content (AvgIpc) is 2.93. The minimum Gasteiger partial charge on any atom is -0.329 e. The quantitative estimate of drug-likeness (QED) is 0.845. The van der Waals surface area contributed by atoms with E-state index in [2.05, 4.69) is 69.9 Å². The van der Waals surface area contributed by atoms with Gasteiger partial charge in [-0.2, -0.15) is 0 Å². The lowest BCUT2D eigenvalue weighted by molar-refractivity contribution is 0.360. The van der Waals surface area contributed by atoms with Crippen molar-refractivity contribution in [2.75, 3.05) is 6.54 Å². The lowest BCUT2D eigenvalue weighted by atomic mass is 9.93. The molecule has 1 heterocycles. The Morgan fingerprint density at radius 3 is 2.58 bits per heavy atom. The number of halogens is 1. The van der Waals surface area contributed by atoms with Crippen molar-refractivity contribution in [2.24, 2.45) is 5.73 Å². The molecule has 0 amide bonds. The first kappa shape index (κ1) is 14.7. The van der Waals surface area contributed by atoms with E-state index in [1.807, 2.05) is 0 Å². The Kier molecular flexibility index (Phi) is 5.16. The van der Waals surface area contributed by atoms with Gasteiger partial charge in [-0.25, -0.2) is 0 Å². The molecule has 102 valence electrons. The molecule has 1 aromatic carbocycles. The molecule has 3 N–H and O–H groups in total. The molecule has 0 radical (unpaired) electrons. The zero-order chi connectivity index (χ0) is 13.7. The van der Waals surface area contributed by atoms with E-state index in [9.17, 15) is 0 Å². The molecule has 1 unspecified atom stereocenters. The van der Waals surface area contributed by atoms with E-state index in [0.717, 1.165) is 17.4 Å². The van der Waals surface area contributed by atoms with Crippen LogP contribution in [-0.2, 0) is 13.0 Å². The van der Waals surface area contributed by atoms with Gasteiger partial charge in [0.1, 0.15) is 0 Å². The van der Waals surface area contributed by atoms with E-state index in [1.54, 1.807) is 11.3 Å². The largest absolute Gasteiger partial charge is 0.329 e. The van der Waals surface area contributed by atoms with Gasteiger partial charge in [-0.1, -0.05) is 34.1 Å². The predicted octanol–water partition coefficient (Wildman–Crippen LogP) is 3.56. The van der Waals surface area contributed by atoms with Crippen molar-refractivity contribution >= 4 is 27.3 Å². The Labute approximate surface area is 127 Å². The van der Waals surface area contributed by atoms with Gasteiger partial charge in [-0.15, -0.1) is 11.3 Å². The molecule has 4 heteroatoms. The summed E-state index contributed by atoms with van der Waals surface area (Å²) in [6, 6.07) is 12.7. The van der Waals surface area contributed by atoms with E-state index in [4.69, 9.17) is 5.73 Å². The van der Waals surface area contributed by atoms with Crippen molar-refractivity contribution in [3.8, 4) is 0 Å². The number of hydrogen-bond donors (Lipinski definition) is 2. The normalized spacial score (nSPS) is 14.3. The molecule has 0 saturated carbocycles. The lowest BCUT2D eigenvalue weighted by Crippen LogP contribution is -2.49. The molecule has 0 bridgehead atoms. The molecular weight excluding hydrogens is 320 g/mol. The number of hydrogen-bond acceptors (Lipinski definition) is 3. The van der Waals surface area contributed by atoms with Crippen molar-refractivity contribution in [1.29, 1.82) is 0 Å². The Hall–Kier alpha value is -0.680. The summed E-state index contributed by atoms with van der Waals surface area (Å²) in [5.74, 6) is 0. The van der Waals surface area contributed by atoms with Gasteiger partial charge >= 0.3 is 0 Å². The van der Waals surface area contributed by atoms with Gasteiger partial charge in [0, 0.05) is 28.0 Å². The van der Waals surface area contributed by atoms with Gasteiger partial charge in [0.15, 0.2) is 0 Å². The monoisotopic (exact) mass is 338 g/mol. The number of nitrogens with one attached hydrogen (secondary N) is 1. The number of nitrogens with two attached hydrogens (primary N) is 1. The molecule has 1 atom stereocenters. The minimum atomic E-state index is -0.0716. The maximum atomic E-state index is 5.96. The fourth-order valence-electron chi connectivity index (χ4n) is 1.97. The van der Waals surface area contributed by atoms with Gasteiger partial charge in [0.2, 0.25) is 0 Å². The summed E-state index contributed by atoms with van der Waals surface area (Å²) < 4.78 is 1.11. The predicted molar refractivity (Wildman–Crippen MR) is 86.5 cm³/mol. The number of rotatable bonds is 6. The van der Waals surface area contributed by atoms with Crippen LogP contribution in [0.1, 0.15) is 17.4 Å². The third-order valence-electron chi connectivity index (χ3n) is 3.23. The second kappa shape index (κ2) is 6.66. The molecule has 0 aliphatic carbocycles. The Morgan fingerprint density at radius 1 is 1.26 bits per heavy atom. The Bertz CT molecular complexity index is 495. The van der Waals surface area contributed by atoms with E-state index < -0.39 is 0 Å². The number of thiophene rings is 1. The topological polar surface area (TPSA) is 38.0 Å². The fourth-order valence-corrected chi connectivity index (χ4v) is 2.88. The molecule has 19 heavy (non-hydrogen) atoms. The van der Waals surface area contributed by atoms with Crippen LogP contribution in [0.3, 0.4) is 0 Å². The second-order valence-electron chi connectivity index (χ2n) is 5.00. The highest BCUT2D eigenvalue weighted by Crippen LogP contribution is 2.17. The van der Waals surface area contributed by atoms with Gasteiger partial charge in [-0.3, -0.25) is 0 Å². The van der Waals surface area contributed by atoms with Gasteiger partial charge in [0.05, 0.1) is 0 Å². The van der Waals surface area contributed by atoms with E-state index in [0.29, 0.717) is 6.54 Å². The fraction of sp³-hybridized carbons (Fsp3) is 0.333. The summed E-state index contributed by atoms with van der Waals surface area (Å²) in [5, 5.41) is 5.69. The standard InChI is InChI=1S/C15H19BrN2S/c1-15(11-17,18-10-14-3-2-8-19-14)9-12-4-6-13(16)7-5-12/h2-8,18H,9-11,17H2,1H3. The van der Waals surface area contributed by atoms with Crippen LogP contribution >= 0.6 is 27.3 Å². The van der Waals surface area contributed by atoms with E-state index >= 15 is 0 Å². The second-order valence-corrected chi connectivity index (χ2v) is 6.95. The van der Waals surface area contributed by atoms with Crippen molar-refractivity contribution in [2.45, 2.75) is 25.4 Å². The summed E-state index contributed by atoms with van der Waals surface area (Å²) in [6.45, 7) is 3.68. The van der Waals surface area contributed by atoms with Crippen LogP contribution < -0.4 is 11.1 Å². The highest BCUT2D eigenvalue weighted by atomic mass is 79.9. The highest BCUT2D eigenvalue weighted by Gasteiger charge is 2.22. The molecule has 2 nitrogen and oxygen atoms in total. The SMILES string of the molecule is CC(CN)(Cc1ccc(Br)cc1)NCc1cccs1. The molecule has 1 aromatic heterocycles. The van der Waals surface area contributed by atoms with Crippen LogP contribution in [0.5, 0.6) is 0 Å². The van der Waals surface area contributed by atoms with Gasteiger partial charge < -0.3 is 11.1 Å². The molecule has 2 rings (SSSR count). The first-order valence-electron chi connectivity index (χ1n) is 6.33. The van der Waals surface area contributed by atoms with E-state index in [1.165, 1.54) is 10.4 Å². The summed E-state index contributed by atoms with van der Waals surface area (Å²) in [7, 11) is 0. The zero-order valence-corrected chi connectivity index (χ0v) is 13.4. The van der Waals surface area contributed by atoms with Crippen molar-refractivity contribution in [1.82, 2.24) is 5.32 Å². The molecule has 0 fully saturated rings. The van der Waals surface area contributed by atoms with Crippen LogP contribution in [0, 0.1) is 0 Å². The minimum absolute atomic E-state index is 0.0716. The van der Waals surface area contributed by atoms with Crippen LogP contribution in [0.2, 0.25) is 0 Å². The number of benzene rings is 1. The highest BCUT2D eigenvalue weighted by molar-refractivity contribution is 9.10. The Morgan fingerprint density at radius 2 is 2.00 bits per heavy atom. The molecule has 0 aliphatic rings. The average molecular weight is 339 g/mol. The van der Waals surface area contributed by atoms with Crippen LogP contribution in [0.25, 0.3) is 0 Å². The Balaban J connectivity index is 1.98. The first-order chi connectivity index (χ1) is 9.11. The third kappa shape index (κ3) is 4.42. The summed E-state index contributed by atoms with van der Waals surface area (Å²) in [4.78, 5) is 1.34. The summed E-state index contributed by atoms with van der Waals surface area (Å²) in [5.41, 5.74) is 7.19. The van der Waals surface area contributed by atoms with Crippen molar-refractivity contribution in [3.05, 3.63) is 56.7 Å². The maximum Gasteiger partial charge on any atom is 0.0319 e. The van der Waals surface area contributed by atoms with Crippen molar-refractivity contribution < 1.29 is 0 Å². The zero-order valence-electron chi connectivity index (χ0n) is 11.0. The van der Waals surface area contributed by atoms with Crippen LogP contribution in [0.4, 0.5) is 0 Å². The molecule has 0 saturated heterocycles. The maximum absolute atomic E-state index is 5.96. The summed E-state index contributed by atoms with van der Waals surface area (Å²) in [6.07, 6.45) is 0.933. The summed E-state index contributed by atoms with van der Waals surface area (Å²) >= 11 is 5.23. The smallest absolute Gasteiger partial charge is 0.0319 e.